The van der Waals surface area contributed by atoms with Gasteiger partial charge in [-0.1, -0.05) is 188 Å². The molecule has 0 aromatic heterocycles. The minimum Gasteiger partial charge on any atom is -0.462 e. The molecule has 0 N–H and O–H groups in total. The second-order valence-corrected chi connectivity index (χ2v) is 14.5. The lowest BCUT2D eigenvalue weighted by Crippen LogP contribution is -2.30. The SMILES string of the molecule is CCCCCCCCCCCCCC(=O)O[C@H](COC(=O)CCCCCCCCC)COC(=O)CCCCCCCCCCC(C)CC. The second kappa shape index (κ2) is 36.7. The fourth-order valence-electron chi connectivity index (χ4n) is 6.06. The van der Waals surface area contributed by atoms with Gasteiger partial charge in [0.2, 0.25) is 0 Å². The van der Waals surface area contributed by atoms with Crippen LogP contribution in [0.15, 0.2) is 0 Å². The number of hydrogen-bond acceptors (Lipinski definition) is 6. The van der Waals surface area contributed by atoms with Crippen LogP contribution in [0, 0.1) is 5.92 Å². The molecule has 0 amide bonds. The number of unbranched alkanes of at least 4 members (excludes halogenated alkanes) is 23. The highest BCUT2D eigenvalue weighted by molar-refractivity contribution is 5.71. The lowest BCUT2D eigenvalue weighted by atomic mass is 9.99. The van der Waals surface area contributed by atoms with Crippen LogP contribution in [0.3, 0.4) is 0 Å². The summed E-state index contributed by atoms with van der Waals surface area (Å²) in [6, 6.07) is 0. The minimum atomic E-state index is -0.757. The van der Waals surface area contributed by atoms with Crippen molar-refractivity contribution >= 4 is 17.9 Å². The molecule has 0 aliphatic carbocycles. The fourth-order valence-corrected chi connectivity index (χ4v) is 6.06. The first-order valence-electron chi connectivity index (χ1n) is 20.9. The van der Waals surface area contributed by atoms with Crippen molar-refractivity contribution in [1.29, 1.82) is 0 Å². The third kappa shape index (κ3) is 34.3. The highest BCUT2D eigenvalue weighted by Crippen LogP contribution is 2.16. The van der Waals surface area contributed by atoms with Crippen LogP contribution in [-0.2, 0) is 28.6 Å². The summed E-state index contributed by atoms with van der Waals surface area (Å²) in [5.74, 6) is -0.0197. The summed E-state index contributed by atoms with van der Waals surface area (Å²) in [6.45, 7) is 8.93. The summed E-state index contributed by atoms with van der Waals surface area (Å²) < 4.78 is 16.6. The molecule has 284 valence electrons. The number of rotatable bonds is 37. The second-order valence-electron chi connectivity index (χ2n) is 14.5. The van der Waals surface area contributed by atoms with Crippen LogP contribution in [0.2, 0.25) is 0 Å². The first-order valence-corrected chi connectivity index (χ1v) is 20.9. The van der Waals surface area contributed by atoms with E-state index in [2.05, 4.69) is 27.7 Å². The van der Waals surface area contributed by atoms with Gasteiger partial charge in [-0.3, -0.25) is 14.4 Å². The van der Waals surface area contributed by atoms with E-state index in [1.807, 2.05) is 0 Å². The fraction of sp³-hybridized carbons (Fsp3) is 0.929. The van der Waals surface area contributed by atoms with Crippen molar-refractivity contribution in [2.75, 3.05) is 13.2 Å². The number of esters is 3. The Bertz CT molecular complexity index is 723. The maximum atomic E-state index is 12.6. The molecule has 6 heteroatoms. The predicted molar refractivity (Wildman–Crippen MR) is 201 cm³/mol. The average Bonchev–Trinajstić information content (AvgIpc) is 3.08. The molecule has 0 radical (unpaired) electrons. The van der Waals surface area contributed by atoms with E-state index in [1.54, 1.807) is 0 Å². The highest BCUT2D eigenvalue weighted by atomic mass is 16.6. The largest absolute Gasteiger partial charge is 0.462 e. The summed E-state index contributed by atoms with van der Waals surface area (Å²) in [7, 11) is 0. The first kappa shape index (κ1) is 46.4. The lowest BCUT2D eigenvalue weighted by molar-refractivity contribution is -0.167. The molecule has 0 rings (SSSR count). The Morgan fingerprint density at radius 3 is 1.08 bits per heavy atom. The quantitative estimate of drug-likeness (QED) is 0.0369. The van der Waals surface area contributed by atoms with Crippen LogP contribution in [0.1, 0.15) is 227 Å². The molecule has 0 aliphatic heterocycles. The van der Waals surface area contributed by atoms with Crippen LogP contribution in [0.5, 0.6) is 0 Å². The summed E-state index contributed by atoms with van der Waals surface area (Å²) in [5.41, 5.74) is 0. The topological polar surface area (TPSA) is 78.9 Å². The smallest absolute Gasteiger partial charge is 0.306 e. The number of carbonyl (C=O) groups is 3. The molecule has 0 aromatic rings. The molecule has 0 aromatic carbocycles. The van der Waals surface area contributed by atoms with Crippen molar-refractivity contribution in [3.63, 3.8) is 0 Å². The Morgan fingerprint density at radius 1 is 0.417 bits per heavy atom. The van der Waals surface area contributed by atoms with Crippen LogP contribution in [0.4, 0.5) is 0 Å². The van der Waals surface area contributed by atoms with Crippen molar-refractivity contribution in [2.24, 2.45) is 5.92 Å². The van der Waals surface area contributed by atoms with E-state index in [9.17, 15) is 14.4 Å². The maximum Gasteiger partial charge on any atom is 0.306 e. The van der Waals surface area contributed by atoms with Crippen LogP contribution < -0.4 is 0 Å². The molecular weight excluding hydrogens is 600 g/mol. The van der Waals surface area contributed by atoms with Gasteiger partial charge >= 0.3 is 17.9 Å². The van der Waals surface area contributed by atoms with E-state index < -0.39 is 6.10 Å². The van der Waals surface area contributed by atoms with E-state index >= 15 is 0 Å². The van der Waals surface area contributed by atoms with Gasteiger partial charge in [0, 0.05) is 19.3 Å². The molecule has 0 saturated carbocycles. The van der Waals surface area contributed by atoms with Crippen molar-refractivity contribution in [3.05, 3.63) is 0 Å². The van der Waals surface area contributed by atoms with E-state index in [4.69, 9.17) is 14.2 Å². The molecule has 0 fully saturated rings. The van der Waals surface area contributed by atoms with Crippen LogP contribution in [-0.4, -0.2) is 37.2 Å². The van der Waals surface area contributed by atoms with E-state index in [0.29, 0.717) is 19.3 Å². The van der Waals surface area contributed by atoms with Gasteiger partial charge in [-0.15, -0.1) is 0 Å². The van der Waals surface area contributed by atoms with Gasteiger partial charge in [-0.05, 0) is 25.2 Å². The van der Waals surface area contributed by atoms with E-state index in [1.165, 1.54) is 122 Å². The Hall–Kier alpha value is -1.59. The molecule has 0 aliphatic rings. The van der Waals surface area contributed by atoms with E-state index in [0.717, 1.165) is 63.7 Å². The van der Waals surface area contributed by atoms with Gasteiger partial charge < -0.3 is 14.2 Å². The van der Waals surface area contributed by atoms with Gasteiger partial charge in [0.05, 0.1) is 0 Å². The Labute approximate surface area is 298 Å². The molecule has 1 unspecified atom stereocenters. The third-order valence-corrected chi connectivity index (χ3v) is 9.65. The number of carbonyl (C=O) groups excluding carboxylic acids is 3. The summed E-state index contributed by atoms with van der Waals surface area (Å²) in [6.07, 6.45) is 33.7. The predicted octanol–water partition coefficient (Wildman–Crippen LogP) is 12.8. The Balaban J connectivity index is 4.32. The molecule has 0 saturated heterocycles. The number of ether oxygens (including phenoxy) is 3. The standard InChI is InChI=1S/C42H80O6/c1-5-8-10-12-14-15-16-17-23-27-31-35-42(45)48-39(36-46-40(43)33-29-25-20-13-11-9-6-2)37-47-41(44)34-30-26-22-19-18-21-24-28-32-38(4)7-3/h38-39H,5-37H2,1-4H3/t38?,39-/m1/s1. The molecule has 2 atom stereocenters. The molecule has 0 bridgehead atoms. The lowest BCUT2D eigenvalue weighted by Gasteiger charge is -2.18. The summed E-state index contributed by atoms with van der Waals surface area (Å²) in [4.78, 5) is 37.4. The van der Waals surface area contributed by atoms with Crippen LogP contribution in [0.25, 0.3) is 0 Å². The van der Waals surface area contributed by atoms with Crippen molar-refractivity contribution in [3.8, 4) is 0 Å². The van der Waals surface area contributed by atoms with Crippen molar-refractivity contribution in [1.82, 2.24) is 0 Å². The highest BCUT2D eigenvalue weighted by Gasteiger charge is 2.19. The minimum absolute atomic E-state index is 0.0653. The molecule has 6 nitrogen and oxygen atoms in total. The summed E-state index contributed by atoms with van der Waals surface area (Å²) >= 11 is 0. The van der Waals surface area contributed by atoms with E-state index in [-0.39, 0.29) is 31.1 Å². The van der Waals surface area contributed by atoms with Gasteiger partial charge in [0.15, 0.2) is 6.10 Å². The molecular formula is C42H80O6. The summed E-state index contributed by atoms with van der Waals surface area (Å²) in [5, 5.41) is 0. The Kier molecular flexibility index (Phi) is 35.5. The molecule has 48 heavy (non-hydrogen) atoms. The zero-order valence-electron chi connectivity index (χ0n) is 32.4. The molecule has 0 spiro atoms. The molecule has 0 heterocycles. The van der Waals surface area contributed by atoms with Gasteiger partial charge in [-0.2, -0.15) is 0 Å². The Morgan fingerprint density at radius 2 is 0.729 bits per heavy atom. The maximum absolute atomic E-state index is 12.6. The normalized spacial score (nSPS) is 12.5. The zero-order valence-corrected chi connectivity index (χ0v) is 32.4. The van der Waals surface area contributed by atoms with Crippen molar-refractivity contribution in [2.45, 2.75) is 233 Å². The van der Waals surface area contributed by atoms with Gasteiger partial charge in [-0.25, -0.2) is 0 Å². The number of hydrogen-bond donors (Lipinski definition) is 0. The van der Waals surface area contributed by atoms with Gasteiger partial charge in [0.1, 0.15) is 13.2 Å². The third-order valence-electron chi connectivity index (χ3n) is 9.65. The zero-order chi connectivity index (χ0) is 35.3. The van der Waals surface area contributed by atoms with Gasteiger partial charge in [0.25, 0.3) is 0 Å². The first-order chi connectivity index (χ1) is 23.4. The monoisotopic (exact) mass is 681 g/mol. The average molecular weight is 681 g/mol. The van der Waals surface area contributed by atoms with Crippen LogP contribution >= 0.6 is 0 Å². The van der Waals surface area contributed by atoms with Crippen molar-refractivity contribution < 1.29 is 28.6 Å².